The Morgan fingerprint density at radius 1 is 1.50 bits per heavy atom. The zero-order valence-electron chi connectivity index (χ0n) is 10.9. The molecule has 6 heteroatoms. The van der Waals surface area contributed by atoms with Crippen molar-refractivity contribution in [3.8, 4) is 0 Å². The summed E-state index contributed by atoms with van der Waals surface area (Å²) in [5, 5.41) is 0. The largest absolute Gasteiger partial charge is 0.353 e. The van der Waals surface area contributed by atoms with Gasteiger partial charge in [0.2, 0.25) is 5.95 Å². The lowest BCUT2D eigenvalue weighted by atomic mass is 9.82. The maximum absolute atomic E-state index is 13.8. The highest BCUT2D eigenvalue weighted by Gasteiger charge is 2.36. The molecule has 0 aromatic carbocycles. The first kappa shape index (κ1) is 13.0. The predicted octanol–water partition coefficient (Wildman–Crippen LogP) is 1.92. The Balaban J connectivity index is 2.23. The lowest BCUT2D eigenvalue weighted by molar-refractivity contribution is 0.301. The van der Waals surface area contributed by atoms with Crippen LogP contribution < -0.4 is 16.2 Å². The number of hydrogen-bond donors (Lipinski definition) is 2. The van der Waals surface area contributed by atoms with Gasteiger partial charge in [-0.05, 0) is 24.7 Å². The Bertz CT molecular complexity index is 419. The topological polar surface area (TPSA) is 67.1 Å². The lowest BCUT2D eigenvalue weighted by Crippen LogP contribution is -2.28. The molecule has 1 fully saturated rings. The zero-order chi connectivity index (χ0) is 13.2. The molecule has 0 spiro atoms. The van der Waals surface area contributed by atoms with Gasteiger partial charge in [0.05, 0.1) is 6.20 Å². The van der Waals surface area contributed by atoms with Crippen molar-refractivity contribution in [2.75, 3.05) is 23.4 Å². The van der Waals surface area contributed by atoms with E-state index in [1.165, 1.54) is 0 Å². The predicted molar refractivity (Wildman–Crippen MR) is 69.6 cm³/mol. The van der Waals surface area contributed by atoms with E-state index in [1.54, 1.807) is 0 Å². The third kappa shape index (κ3) is 2.25. The van der Waals surface area contributed by atoms with E-state index in [4.69, 9.17) is 5.84 Å². The first-order valence-corrected chi connectivity index (χ1v) is 6.38. The van der Waals surface area contributed by atoms with Crippen molar-refractivity contribution in [1.82, 2.24) is 9.97 Å². The van der Waals surface area contributed by atoms with Crippen LogP contribution in [0.25, 0.3) is 0 Å². The first-order chi connectivity index (χ1) is 8.64. The summed E-state index contributed by atoms with van der Waals surface area (Å²) in [5.74, 6) is 5.46. The van der Waals surface area contributed by atoms with Crippen molar-refractivity contribution in [1.29, 1.82) is 0 Å². The summed E-state index contributed by atoms with van der Waals surface area (Å²) in [6.07, 6.45) is 4.45. The van der Waals surface area contributed by atoms with E-state index in [-0.39, 0.29) is 11.4 Å². The van der Waals surface area contributed by atoms with Gasteiger partial charge in [-0.2, -0.15) is 4.98 Å². The molecule has 0 bridgehead atoms. The van der Waals surface area contributed by atoms with Crippen LogP contribution in [-0.2, 0) is 0 Å². The van der Waals surface area contributed by atoms with E-state index >= 15 is 0 Å². The number of anilines is 2. The number of hydrogen-bond acceptors (Lipinski definition) is 5. The maximum Gasteiger partial charge on any atom is 0.239 e. The number of nitrogens with two attached hydrogens (primary N) is 1. The Kier molecular flexibility index (Phi) is 3.65. The van der Waals surface area contributed by atoms with Gasteiger partial charge in [0.1, 0.15) is 0 Å². The molecule has 18 heavy (non-hydrogen) atoms. The lowest BCUT2D eigenvalue weighted by Gasteiger charge is -2.26. The molecule has 1 aliphatic rings. The number of halogens is 1. The summed E-state index contributed by atoms with van der Waals surface area (Å²) >= 11 is 0. The van der Waals surface area contributed by atoms with Gasteiger partial charge >= 0.3 is 0 Å². The summed E-state index contributed by atoms with van der Waals surface area (Å²) in [7, 11) is 0. The molecule has 0 amide bonds. The SMILES string of the molecule is CCC1(CC)CCN(c2nc(NN)ncc2F)C1. The quantitative estimate of drug-likeness (QED) is 0.634. The number of nitrogen functional groups attached to an aromatic ring is 1. The normalized spacial score (nSPS) is 18.1. The third-order valence-electron chi connectivity index (χ3n) is 4.09. The van der Waals surface area contributed by atoms with Crippen molar-refractivity contribution in [2.45, 2.75) is 33.1 Å². The van der Waals surface area contributed by atoms with Gasteiger partial charge in [-0.3, -0.25) is 5.43 Å². The van der Waals surface area contributed by atoms with Crippen molar-refractivity contribution in [3.63, 3.8) is 0 Å². The van der Waals surface area contributed by atoms with Gasteiger partial charge in [-0.15, -0.1) is 0 Å². The number of nitrogens with zero attached hydrogens (tertiary/aromatic N) is 3. The highest BCUT2D eigenvalue weighted by molar-refractivity contribution is 5.45. The van der Waals surface area contributed by atoms with Gasteiger partial charge in [-0.25, -0.2) is 15.2 Å². The monoisotopic (exact) mass is 253 g/mol. The van der Waals surface area contributed by atoms with Crippen LogP contribution in [0, 0.1) is 11.2 Å². The molecular weight excluding hydrogens is 233 g/mol. The van der Waals surface area contributed by atoms with Crippen LogP contribution in [0.3, 0.4) is 0 Å². The molecule has 1 aromatic rings. The molecule has 2 rings (SSSR count). The number of rotatable bonds is 4. The summed E-state index contributed by atoms with van der Waals surface area (Å²) in [5.41, 5.74) is 2.64. The molecule has 0 aliphatic carbocycles. The standard InChI is InChI=1S/C12H20FN5/c1-3-12(4-2)5-6-18(8-12)10-9(13)7-15-11(16-10)17-14/h7H,3-6,8,14H2,1-2H3,(H,15,16,17). The van der Waals surface area contributed by atoms with E-state index in [0.29, 0.717) is 5.82 Å². The molecule has 5 nitrogen and oxygen atoms in total. The average molecular weight is 253 g/mol. The fourth-order valence-corrected chi connectivity index (χ4v) is 2.59. The fourth-order valence-electron chi connectivity index (χ4n) is 2.59. The Morgan fingerprint density at radius 2 is 2.22 bits per heavy atom. The molecule has 0 radical (unpaired) electrons. The van der Waals surface area contributed by atoms with Gasteiger partial charge in [0, 0.05) is 13.1 Å². The molecule has 1 aromatic heterocycles. The van der Waals surface area contributed by atoms with Crippen molar-refractivity contribution in [2.24, 2.45) is 11.3 Å². The minimum Gasteiger partial charge on any atom is -0.353 e. The van der Waals surface area contributed by atoms with Gasteiger partial charge < -0.3 is 4.90 Å². The second-order valence-corrected chi connectivity index (χ2v) is 4.89. The molecular formula is C12H20FN5. The van der Waals surface area contributed by atoms with E-state index < -0.39 is 5.82 Å². The maximum atomic E-state index is 13.8. The first-order valence-electron chi connectivity index (χ1n) is 6.38. The van der Waals surface area contributed by atoms with Crippen molar-refractivity contribution in [3.05, 3.63) is 12.0 Å². The van der Waals surface area contributed by atoms with E-state index in [0.717, 1.165) is 38.5 Å². The average Bonchev–Trinajstić information content (AvgIpc) is 2.84. The molecule has 1 aliphatic heterocycles. The second kappa shape index (κ2) is 5.06. The van der Waals surface area contributed by atoms with E-state index in [1.807, 2.05) is 4.90 Å². The minimum atomic E-state index is -0.392. The smallest absolute Gasteiger partial charge is 0.239 e. The van der Waals surface area contributed by atoms with Gasteiger partial charge in [0.15, 0.2) is 11.6 Å². The molecule has 1 saturated heterocycles. The molecule has 0 unspecified atom stereocenters. The molecule has 100 valence electrons. The second-order valence-electron chi connectivity index (χ2n) is 4.89. The summed E-state index contributed by atoms with van der Waals surface area (Å²) < 4.78 is 13.8. The van der Waals surface area contributed by atoms with Crippen LogP contribution in [0.1, 0.15) is 33.1 Å². The number of hydrazine groups is 1. The summed E-state index contributed by atoms with van der Waals surface area (Å²) in [4.78, 5) is 9.86. The number of aromatic nitrogens is 2. The minimum absolute atomic E-state index is 0.247. The molecule has 3 N–H and O–H groups in total. The van der Waals surface area contributed by atoms with Crippen LogP contribution in [0.4, 0.5) is 16.2 Å². The fraction of sp³-hybridized carbons (Fsp3) is 0.667. The highest BCUT2D eigenvalue weighted by atomic mass is 19.1. The number of nitrogens with one attached hydrogen (secondary N) is 1. The van der Waals surface area contributed by atoms with Crippen LogP contribution in [-0.4, -0.2) is 23.1 Å². The highest BCUT2D eigenvalue weighted by Crippen LogP contribution is 2.39. The summed E-state index contributed by atoms with van der Waals surface area (Å²) in [6, 6.07) is 0. The Hall–Kier alpha value is -1.43. The Morgan fingerprint density at radius 3 is 2.78 bits per heavy atom. The van der Waals surface area contributed by atoms with Gasteiger partial charge in [-0.1, -0.05) is 13.8 Å². The third-order valence-corrected chi connectivity index (χ3v) is 4.09. The van der Waals surface area contributed by atoms with Crippen LogP contribution in [0.2, 0.25) is 0 Å². The zero-order valence-corrected chi connectivity index (χ0v) is 10.9. The van der Waals surface area contributed by atoms with Crippen LogP contribution in [0.5, 0.6) is 0 Å². The summed E-state index contributed by atoms with van der Waals surface area (Å²) in [6.45, 7) is 6.06. The van der Waals surface area contributed by atoms with Crippen LogP contribution >= 0.6 is 0 Å². The van der Waals surface area contributed by atoms with E-state index in [9.17, 15) is 4.39 Å². The van der Waals surface area contributed by atoms with Crippen molar-refractivity contribution < 1.29 is 4.39 Å². The van der Waals surface area contributed by atoms with Crippen molar-refractivity contribution >= 4 is 11.8 Å². The van der Waals surface area contributed by atoms with Crippen LogP contribution in [0.15, 0.2) is 6.20 Å². The molecule has 0 atom stereocenters. The van der Waals surface area contributed by atoms with E-state index in [2.05, 4.69) is 29.2 Å². The molecule has 2 heterocycles. The Labute approximate surface area is 107 Å². The van der Waals surface area contributed by atoms with Gasteiger partial charge in [0.25, 0.3) is 0 Å². The molecule has 0 saturated carbocycles.